The van der Waals surface area contributed by atoms with E-state index in [-0.39, 0.29) is 11.5 Å². The second kappa shape index (κ2) is 6.40. The van der Waals surface area contributed by atoms with Crippen molar-refractivity contribution in [3.8, 4) is 5.75 Å². The lowest BCUT2D eigenvalue weighted by atomic mass is 10.0. The number of alkyl halides is 3. The van der Waals surface area contributed by atoms with Crippen LogP contribution in [0.25, 0.3) is 0 Å². The van der Waals surface area contributed by atoms with Crippen LogP contribution in [0.3, 0.4) is 0 Å². The van der Waals surface area contributed by atoms with Crippen LogP contribution in [0.2, 0.25) is 5.02 Å². The number of hydrogen-bond donors (Lipinski definition) is 0. The molecule has 0 fully saturated rings. The first-order valence-electron chi connectivity index (χ1n) is 6.37. The van der Waals surface area contributed by atoms with Crippen molar-refractivity contribution >= 4 is 17.4 Å². The Morgan fingerprint density at radius 1 is 1.14 bits per heavy atom. The molecule has 0 heterocycles. The summed E-state index contributed by atoms with van der Waals surface area (Å²) in [6.07, 6.45) is -4.40. The number of ketones is 1. The molecule has 2 rings (SSSR count). The average molecular weight is 329 g/mol. The van der Waals surface area contributed by atoms with E-state index in [1.807, 2.05) is 6.92 Å². The highest BCUT2D eigenvalue weighted by Crippen LogP contribution is 2.23. The average Bonchev–Trinajstić information content (AvgIpc) is 2.47. The van der Waals surface area contributed by atoms with Gasteiger partial charge in [0.15, 0.2) is 12.4 Å². The molecular formula is C16H12ClF3O2. The predicted molar refractivity (Wildman–Crippen MR) is 77.6 cm³/mol. The van der Waals surface area contributed by atoms with Gasteiger partial charge in [-0.25, -0.2) is 0 Å². The topological polar surface area (TPSA) is 26.3 Å². The van der Waals surface area contributed by atoms with Gasteiger partial charge in [0, 0.05) is 11.1 Å². The van der Waals surface area contributed by atoms with E-state index in [1.165, 1.54) is 24.3 Å². The van der Waals surface area contributed by atoms with E-state index < -0.39 is 12.8 Å². The predicted octanol–water partition coefficient (Wildman–Crippen LogP) is 4.82. The number of carbonyl (C=O) groups is 1. The van der Waals surface area contributed by atoms with Crippen molar-refractivity contribution in [2.24, 2.45) is 0 Å². The first kappa shape index (κ1) is 16.4. The minimum Gasteiger partial charge on any atom is -0.484 e. The summed E-state index contributed by atoms with van der Waals surface area (Å²) in [6, 6.07) is 10.5. The van der Waals surface area contributed by atoms with Crippen LogP contribution in [0.15, 0.2) is 42.5 Å². The molecule has 0 unspecified atom stereocenters. The Bertz CT molecular complexity index is 679. The Morgan fingerprint density at radius 3 is 2.36 bits per heavy atom. The molecule has 0 atom stereocenters. The number of aryl methyl sites for hydroxylation is 1. The minimum atomic E-state index is -4.40. The fraction of sp³-hybridized carbons (Fsp3) is 0.188. The molecule has 0 bridgehead atoms. The van der Waals surface area contributed by atoms with E-state index >= 15 is 0 Å². The van der Waals surface area contributed by atoms with Gasteiger partial charge in [-0.1, -0.05) is 23.2 Å². The molecule has 0 aliphatic heterocycles. The minimum absolute atomic E-state index is 0.0456. The highest BCUT2D eigenvalue weighted by molar-refractivity contribution is 6.35. The summed E-state index contributed by atoms with van der Waals surface area (Å²) >= 11 is 6.00. The third-order valence-corrected chi connectivity index (χ3v) is 3.22. The van der Waals surface area contributed by atoms with Gasteiger partial charge in [0.05, 0.1) is 5.02 Å². The van der Waals surface area contributed by atoms with Gasteiger partial charge in [-0.15, -0.1) is 0 Å². The van der Waals surface area contributed by atoms with Gasteiger partial charge in [0.1, 0.15) is 5.75 Å². The van der Waals surface area contributed by atoms with E-state index in [2.05, 4.69) is 4.74 Å². The molecule has 0 N–H and O–H groups in total. The number of halogens is 4. The van der Waals surface area contributed by atoms with Gasteiger partial charge < -0.3 is 4.74 Å². The lowest BCUT2D eigenvalue weighted by Crippen LogP contribution is -2.19. The van der Waals surface area contributed by atoms with Crippen molar-refractivity contribution in [1.82, 2.24) is 0 Å². The number of ether oxygens (including phenoxy) is 1. The number of benzene rings is 2. The summed E-state index contributed by atoms with van der Waals surface area (Å²) in [4.78, 5) is 12.3. The fourth-order valence-electron chi connectivity index (χ4n) is 1.84. The summed E-state index contributed by atoms with van der Waals surface area (Å²) in [7, 11) is 0. The second-order valence-corrected chi connectivity index (χ2v) is 5.15. The fourth-order valence-corrected chi connectivity index (χ4v) is 2.04. The molecule has 0 saturated carbocycles. The Morgan fingerprint density at radius 2 is 1.77 bits per heavy atom. The third kappa shape index (κ3) is 4.24. The first-order chi connectivity index (χ1) is 10.3. The van der Waals surface area contributed by atoms with E-state index in [0.29, 0.717) is 16.1 Å². The standard InChI is InChI=1S/C16H12ClF3O2/c1-10-2-7-14(17)13(8-10)15(21)11-3-5-12(6-4-11)22-9-16(18,19)20/h2-8H,9H2,1H3. The lowest BCUT2D eigenvalue weighted by Gasteiger charge is -2.10. The molecule has 0 aliphatic carbocycles. The van der Waals surface area contributed by atoms with E-state index in [1.54, 1.807) is 18.2 Å². The Hall–Kier alpha value is -2.01. The Kier molecular flexibility index (Phi) is 4.76. The molecular weight excluding hydrogens is 317 g/mol. The molecule has 0 aromatic heterocycles. The molecule has 0 spiro atoms. The summed E-state index contributed by atoms with van der Waals surface area (Å²) in [5.41, 5.74) is 1.57. The maximum Gasteiger partial charge on any atom is 0.422 e. The van der Waals surface area contributed by atoms with Gasteiger partial charge in [-0.3, -0.25) is 4.79 Å². The van der Waals surface area contributed by atoms with E-state index in [9.17, 15) is 18.0 Å². The van der Waals surface area contributed by atoms with Crippen LogP contribution < -0.4 is 4.74 Å². The largest absolute Gasteiger partial charge is 0.484 e. The smallest absolute Gasteiger partial charge is 0.422 e. The maximum atomic E-state index is 12.3. The maximum absolute atomic E-state index is 12.3. The van der Waals surface area contributed by atoms with Crippen molar-refractivity contribution in [1.29, 1.82) is 0 Å². The summed E-state index contributed by atoms with van der Waals surface area (Å²) in [6.45, 7) is 0.463. The zero-order valence-electron chi connectivity index (χ0n) is 11.6. The normalized spacial score (nSPS) is 11.3. The van der Waals surface area contributed by atoms with Gasteiger partial charge in [0.25, 0.3) is 0 Å². The molecule has 22 heavy (non-hydrogen) atoms. The van der Waals surface area contributed by atoms with Gasteiger partial charge >= 0.3 is 6.18 Å². The monoisotopic (exact) mass is 328 g/mol. The van der Waals surface area contributed by atoms with Crippen LogP contribution in [0.4, 0.5) is 13.2 Å². The molecule has 2 nitrogen and oxygen atoms in total. The molecule has 0 saturated heterocycles. The van der Waals surface area contributed by atoms with Crippen molar-refractivity contribution in [3.63, 3.8) is 0 Å². The van der Waals surface area contributed by atoms with Crippen LogP contribution in [0, 0.1) is 6.92 Å². The van der Waals surface area contributed by atoms with Gasteiger partial charge in [-0.05, 0) is 43.3 Å². The molecule has 2 aromatic carbocycles. The molecule has 2 aromatic rings. The summed E-state index contributed by atoms with van der Waals surface area (Å²) in [5, 5.41) is 0.327. The van der Waals surface area contributed by atoms with Crippen molar-refractivity contribution in [2.75, 3.05) is 6.61 Å². The quantitative estimate of drug-likeness (QED) is 0.752. The van der Waals surface area contributed by atoms with Crippen LogP contribution in [-0.2, 0) is 0 Å². The summed E-state index contributed by atoms with van der Waals surface area (Å²) < 4.78 is 40.8. The van der Waals surface area contributed by atoms with Crippen LogP contribution in [0.1, 0.15) is 21.5 Å². The number of rotatable bonds is 4. The molecule has 0 amide bonds. The van der Waals surface area contributed by atoms with E-state index in [4.69, 9.17) is 11.6 Å². The van der Waals surface area contributed by atoms with E-state index in [0.717, 1.165) is 5.56 Å². The van der Waals surface area contributed by atoms with Crippen LogP contribution in [-0.4, -0.2) is 18.6 Å². The Balaban J connectivity index is 2.16. The molecule has 0 aliphatic rings. The van der Waals surface area contributed by atoms with Gasteiger partial charge in [-0.2, -0.15) is 13.2 Å². The lowest BCUT2D eigenvalue weighted by molar-refractivity contribution is -0.153. The second-order valence-electron chi connectivity index (χ2n) is 4.74. The molecule has 6 heteroatoms. The van der Waals surface area contributed by atoms with Gasteiger partial charge in [0.2, 0.25) is 0 Å². The molecule has 0 radical (unpaired) electrons. The molecule has 116 valence electrons. The Labute approximate surface area is 130 Å². The van der Waals surface area contributed by atoms with Crippen LogP contribution in [0.5, 0.6) is 5.75 Å². The first-order valence-corrected chi connectivity index (χ1v) is 6.74. The number of carbonyl (C=O) groups excluding carboxylic acids is 1. The SMILES string of the molecule is Cc1ccc(Cl)c(C(=O)c2ccc(OCC(F)(F)F)cc2)c1. The summed E-state index contributed by atoms with van der Waals surface area (Å²) in [5.74, 6) is -0.250. The zero-order chi connectivity index (χ0) is 16.3. The third-order valence-electron chi connectivity index (χ3n) is 2.89. The van der Waals surface area contributed by atoms with Crippen molar-refractivity contribution in [2.45, 2.75) is 13.1 Å². The van der Waals surface area contributed by atoms with Crippen molar-refractivity contribution < 1.29 is 22.7 Å². The van der Waals surface area contributed by atoms with Crippen LogP contribution >= 0.6 is 11.6 Å². The highest BCUT2D eigenvalue weighted by atomic mass is 35.5. The van der Waals surface area contributed by atoms with Crippen molar-refractivity contribution in [3.05, 3.63) is 64.2 Å². The zero-order valence-corrected chi connectivity index (χ0v) is 12.3. The number of hydrogen-bond acceptors (Lipinski definition) is 2. The highest BCUT2D eigenvalue weighted by Gasteiger charge is 2.28.